The third-order valence-electron chi connectivity index (χ3n) is 3.83. The standard InChI is InChI=1S/C16H17N3O3/c1-21-14-5-3-4-10-11(14)6-7-12(10)17-15-9-8-13(18-19-15)16(20)22-2/h3-5,8-9,12H,6-7H2,1-2H3,(H,17,19). The van der Waals surface area contributed by atoms with Gasteiger partial charge in [0, 0.05) is 0 Å². The second-order valence-corrected chi connectivity index (χ2v) is 5.06. The molecule has 0 amide bonds. The molecule has 6 nitrogen and oxygen atoms in total. The van der Waals surface area contributed by atoms with Gasteiger partial charge in [-0.3, -0.25) is 0 Å². The Balaban J connectivity index is 1.77. The predicted octanol–water partition coefficient (Wildman–Crippen LogP) is 2.37. The van der Waals surface area contributed by atoms with E-state index in [0.29, 0.717) is 5.82 Å². The number of hydrogen-bond donors (Lipinski definition) is 1. The van der Waals surface area contributed by atoms with Crippen molar-refractivity contribution in [2.24, 2.45) is 0 Å². The number of nitrogens with zero attached hydrogens (tertiary/aromatic N) is 2. The van der Waals surface area contributed by atoms with E-state index in [2.05, 4.69) is 26.3 Å². The zero-order chi connectivity index (χ0) is 15.5. The third-order valence-corrected chi connectivity index (χ3v) is 3.83. The molecular formula is C16H17N3O3. The van der Waals surface area contributed by atoms with Gasteiger partial charge in [-0.2, -0.15) is 0 Å². The molecule has 6 heteroatoms. The van der Waals surface area contributed by atoms with Gasteiger partial charge in [0.2, 0.25) is 0 Å². The molecule has 0 bridgehead atoms. The Morgan fingerprint density at radius 2 is 2.09 bits per heavy atom. The number of carbonyl (C=O) groups is 1. The summed E-state index contributed by atoms with van der Waals surface area (Å²) in [5, 5.41) is 11.3. The molecule has 3 rings (SSSR count). The smallest absolute Gasteiger partial charge is 0.358 e. The molecule has 1 N–H and O–H groups in total. The van der Waals surface area contributed by atoms with Crippen LogP contribution in [-0.4, -0.2) is 30.4 Å². The first-order valence-corrected chi connectivity index (χ1v) is 7.07. The maximum Gasteiger partial charge on any atom is 0.358 e. The molecule has 0 saturated heterocycles. The van der Waals surface area contributed by atoms with Gasteiger partial charge in [-0.1, -0.05) is 12.1 Å². The van der Waals surface area contributed by atoms with E-state index < -0.39 is 5.97 Å². The molecule has 1 atom stereocenters. The molecule has 1 aromatic carbocycles. The molecule has 0 radical (unpaired) electrons. The maximum absolute atomic E-state index is 11.3. The van der Waals surface area contributed by atoms with Crippen LogP contribution in [0.15, 0.2) is 30.3 Å². The Kier molecular flexibility index (Phi) is 3.91. The van der Waals surface area contributed by atoms with Gasteiger partial charge in [-0.05, 0) is 42.2 Å². The van der Waals surface area contributed by atoms with Crippen LogP contribution in [0.5, 0.6) is 5.75 Å². The molecule has 1 aliphatic carbocycles. The molecular weight excluding hydrogens is 282 g/mol. The average molecular weight is 299 g/mol. The number of anilines is 1. The van der Waals surface area contributed by atoms with Crippen molar-refractivity contribution >= 4 is 11.8 Å². The normalized spacial score (nSPS) is 16.0. The van der Waals surface area contributed by atoms with E-state index in [4.69, 9.17) is 4.74 Å². The summed E-state index contributed by atoms with van der Waals surface area (Å²) in [7, 11) is 3.01. The summed E-state index contributed by atoms with van der Waals surface area (Å²) in [5.74, 6) is 1.07. The highest BCUT2D eigenvalue weighted by molar-refractivity contribution is 5.86. The number of ether oxygens (including phenoxy) is 2. The number of aromatic nitrogens is 2. The van der Waals surface area contributed by atoms with Crippen LogP contribution in [0.1, 0.15) is 34.1 Å². The summed E-state index contributed by atoms with van der Waals surface area (Å²) in [6, 6.07) is 9.57. The van der Waals surface area contributed by atoms with Crippen molar-refractivity contribution in [1.29, 1.82) is 0 Å². The van der Waals surface area contributed by atoms with E-state index in [1.54, 1.807) is 19.2 Å². The number of benzene rings is 1. The van der Waals surface area contributed by atoms with Crippen LogP contribution >= 0.6 is 0 Å². The molecule has 0 aliphatic heterocycles. The van der Waals surface area contributed by atoms with Crippen LogP contribution in [0.3, 0.4) is 0 Å². The molecule has 22 heavy (non-hydrogen) atoms. The van der Waals surface area contributed by atoms with E-state index in [1.807, 2.05) is 12.1 Å². The van der Waals surface area contributed by atoms with Crippen molar-refractivity contribution in [1.82, 2.24) is 10.2 Å². The minimum atomic E-state index is -0.491. The highest BCUT2D eigenvalue weighted by Gasteiger charge is 2.25. The molecule has 2 aromatic rings. The average Bonchev–Trinajstić information content (AvgIpc) is 2.98. The SMILES string of the molecule is COC(=O)c1ccc(NC2CCc3c(OC)cccc32)nn1. The summed E-state index contributed by atoms with van der Waals surface area (Å²) in [6.07, 6.45) is 1.93. The van der Waals surface area contributed by atoms with E-state index in [-0.39, 0.29) is 11.7 Å². The second kappa shape index (κ2) is 6.01. The van der Waals surface area contributed by atoms with Gasteiger partial charge < -0.3 is 14.8 Å². The van der Waals surface area contributed by atoms with Crippen LogP contribution in [0.4, 0.5) is 5.82 Å². The minimum Gasteiger partial charge on any atom is -0.496 e. The zero-order valence-electron chi connectivity index (χ0n) is 12.5. The number of nitrogens with one attached hydrogen (secondary N) is 1. The molecule has 1 aromatic heterocycles. The van der Waals surface area contributed by atoms with Crippen LogP contribution in [0.25, 0.3) is 0 Å². The summed E-state index contributed by atoms with van der Waals surface area (Å²) >= 11 is 0. The number of methoxy groups -OCH3 is 2. The third kappa shape index (κ3) is 2.59. The van der Waals surface area contributed by atoms with E-state index in [0.717, 1.165) is 18.6 Å². The summed E-state index contributed by atoms with van der Waals surface area (Å²) in [4.78, 5) is 11.3. The van der Waals surface area contributed by atoms with E-state index in [1.165, 1.54) is 18.2 Å². The largest absolute Gasteiger partial charge is 0.496 e. The summed E-state index contributed by atoms with van der Waals surface area (Å²) in [5.41, 5.74) is 2.65. The lowest BCUT2D eigenvalue weighted by atomic mass is 10.1. The highest BCUT2D eigenvalue weighted by atomic mass is 16.5. The van der Waals surface area contributed by atoms with Gasteiger partial charge in [0.15, 0.2) is 5.69 Å². The van der Waals surface area contributed by atoms with Crippen molar-refractivity contribution < 1.29 is 14.3 Å². The van der Waals surface area contributed by atoms with Crippen LogP contribution in [0, 0.1) is 0 Å². The Labute approximate surface area is 128 Å². The highest BCUT2D eigenvalue weighted by Crippen LogP contribution is 2.38. The number of rotatable bonds is 4. The number of hydrogen-bond acceptors (Lipinski definition) is 6. The number of carbonyl (C=O) groups excluding carboxylic acids is 1. The lowest BCUT2D eigenvalue weighted by Gasteiger charge is -2.15. The Bertz CT molecular complexity index is 686. The Hall–Kier alpha value is -2.63. The monoisotopic (exact) mass is 299 g/mol. The van der Waals surface area contributed by atoms with Crippen molar-refractivity contribution in [3.63, 3.8) is 0 Å². The van der Waals surface area contributed by atoms with Gasteiger partial charge in [0.05, 0.1) is 20.3 Å². The van der Waals surface area contributed by atoms with Crippen molar-refractivity contribution in [3.8, 4) is 5.75 Å². The molecule has 0 saturated carbocycles. The van der Waals surface area contributed by atoms with Crippen LogP contribution < -0.4 is 10.1 Å². The van der Waals surface area contributed by atoms with Crippen LogP contribution in [0.2, 0.25) is 0 Å². The van der Waals surface area contributed by atoms with Gasteiger partial charge in [0.1, 0.15) is 11.6 Å². The topological polar surface area (TPSA) is 73.3 Å². The van der Waals surface area contributed by atoms with Crippen molar-refractivity contribution in [3.05, 3.63) is 47.2 Å². The lowest BCUT2D eigenvalue weighted by molar-refractivity contribution is 0.0593. The molecule has 1 unspecified atom stereocenters. The number of fused-ring (bicyclic) bond motifs is 1. The van der Waals surface area contributed by atoms with E-state index >= 15 is 0 Å². The summed E-state index contributed by atoms with van der Waals surface area (Å²) < 4.78 is 10.0. The molecule has 114 valence electrons. The Morgan fingerprint density at radius 3 is 2.77 bits per heavy atom. The van der Waals surface area contributed by atoms with Gasteiger partial charge in [0.25, 0.3) is 0 Å². The van der Waals surface area contributed by atoms with Gasteiger partial charge in [-0.15, -0.1) is 10.2 Å². The minimum absolute atomic E-state index is 0.170. The maximum atomic E-state index is 11.3. The molecule has 1 heterocycles. The van der Waals surface area contributed by atoms with Gasteiger partial charge in [-0.25, -0.2) is 4.79 Å². The molecule has 1 aliphatic rings. The van der Waals surface area contributed by atoms with Crippen molar-refractivity contribution in [2.45, 2.75) is 18.9 Å². The first-order chi connectivity index (χ1) is 10.7. The van der Waals surface area contributed by atoms with Gasteiger partial charge >= 0.3 is 5.97 Å². The fraction of sp³-hybridized carbons (Fsp3) is 0.312. The zero-order valence-corrected chi connectivity index (χ0v) is 12.5. The number of esters is 1. The molecule has 0 spiro atoms. The predicted molar refractivity (Wildman–Crippen MR) is 81.1 cm³/mol. The quantitative estimate of drug-likeness (QED) is 0.874. The van der Waals surface area contributed by atoms with Crippen molar-refractivity contribution in [2.75, 3.05) is 19.5 Å². The van der Waals surface area contributed by atoms with Crippen LogP contribution in [-0.2, 0) is 11.2 Å². The van der Waals surface area contributed by atoms with E-state index in [9.17, 15) is 4.79 Å². The lowest BCUT2D eigenvalue weighted by Crippen LogP contribution is -2.11. The molecule has 0 fully saturated rings. The Morgan fingerprint density at radius 1 is 1.23 bits per heavy atom. The fourth-order valence-corrected chi connectivity index (χ4v) is 2.76. The second-order valence-electron chi connectivity index (χ2n) is 5.06. The first kappa shape index (κ1) is 14.3. The first-order valence-electron chi connectivity index (χ1n) is 7.07. The fourth-order valence-electron chi connectivity index (χ4n) is 2.76. The summed E-state index contributed by atoms with van der Waals surface area (Å²) in [6.45, 7) is 0.